The molecule has 2 saturated heterocycles. The Balaban J connectivity index is 1.25. The van der Waals surface area contributed by atoms with E-state index in [0.717, 1.165) is 22.3 Å². The van der Waals surface area contributed by atoms with Gasteiger partial charge in [0.25, 0.3) is 5.56 Å². The molecule has 9 nitrogen and oxygen atoms in total. The minimum atomic E-state index is -1.21. The molecule has 0 bridgehead atoms. The van der Waals surface area contributed by atoms with Gasteiger partial charge in [-0.25, -0.2) is 14.0 Å². The molecule has 3 heterocycles. The van der Waals surface area contributed by atoms with Crippen molar-refractivity contribution in [1.29, 1.82) is 0 Å². The minimum Gasteiger partial charge on any atom is -0.460 e. The number of aromatic nitrogens is 2. The smallest absolute Gasteiger partial charge is 0.334 e. The average molecular weight is 543 g/mol. The van der Waals surface area contributed by atoms with Crippen LogP contribution in [-0.4, -0.2) is 45.5 Å². The van der Waals surface area contributed by atoms with Crippen LogP contribution in [0.2, 0.25) is 0 Å². The van der Waals surface area contributed by atoms with Crippen LogP contribution in [0.5, 0.6) is 0 Å². The van der Waals surface area contributed by atoms with E-state index in [0.29, 0.717) is 47.6 Å². The van der Waals surface area contributed by atoms with Crippen molar-refractivity contribution >= 4 is 11.9 Å². The first-order chi connectivity index (χ1) is 18.6. The summed E-state index contributed by atoms with van der Waals surface area (Å²) in [6.07, 6.45) is 4.57. The van der Waals surface area contributed by atoms with Gasteiger partial charge in [0.1, 0.15) is 31.2 Å². The molecular weight excluding hydrogens is 514 g/mol. The summed E-state index contributed by atoms with van der Waals surface area (Å²) in [6, 6.07) is 5.07. The van der Waals surface area contributed by atoms with E-state index in [1.54, 1.807) is 0 Å². The molecule has 0 N–H and O–H groups in total. The van der Waals surface area contributed by atoms with E-state index in [4.69, 9.17) is 14.2 Å². The summed E-state index contributed by atoms with van der Waals surface area (Å²) in [4.78, 5) is 49.8. The van der Waals surface area contributed by atoms with Gasteiger partial charge < -0.3 is 14.2 Å². The molecule has 1 aromatic heterocycles. The zero-order valence-electron chi connectivity index (χ0n) is 21.4. The van der Waals surface area contributed by atoms with Gasteiger partial charge in [-0.15, -0.1) is 0 Å². The lowest BCUT2D eigenvalue weighted by molar-refractivity contribution is -0.143. The van der Waals surface area contributed by atoms with E-state index in [2.05, 4.69) is 6.58 Å². The zero-order chi connectivity index (χ0) is 27.9. The van der Waals surface area contributed by atoms with E-state index in [9.17, 15) is 28.0 Å². The molecule has 3 aliphatic rings. The standard InChI is InChI=1S/C28H28F2N2O7/c1-16-20-10-7-18(4-3-11-28(2)24(39-28)23(20)38-26(16)35)15-37-22(33)14-31-13-21(30)25(34)32(27(31)36)12-17-5-8-19(29)9-6-17/h4-6,8-9,13,20,23-24H,1,3,7,10-12,14-15H2,2H3/b18-4+/t20-,23-,24-,28+/m0/s1. The molecule has 2 aromatic rings. The molecule has 1 aliphatic carbocycles. The number of esters is 2. The second-order valence-electron chi connectivity index (χ2n) is 10.4. The lowest BCUT2D eigenvalue weighted by Crippen LogP contribution is -2.42. The average Bonchev–Trinajstić information content (AvgIpc) is 3.49. The monoisotopic (exact) mass is 542 g/mol. The van der Waals surface area contributed by atoms with E-state index in [1.807, 2.05) is 13.0 Å². The fourth-order valence-electron chi connectivity index (χ4n) is 5.25. The van der Waals surface area contributed by atoms with Gasteiger partial charge in [-0.1, -0.05) is 24.8 Å². The Hall–Kier alpha value is -3.86. The maximum Gasteiger partial charge on any atom is 0.334 e. The van der Waals surface area contributed by atoms with Gasteiger partial charge in [-0.2, -0.15) is 4.39 Å². The number of carbonyl (C=O) groups is 2. The van der Waals surface area contributed by atoms with Crippen LogP contribution in [0.15, 0.2) is 63.9 Å². The molecule has 2 aliphatic heterocycles. The third-order valence-electron chi connectivity index (χ3n) is 7.61. The molecule has 4 atom stereocenters. The first-order valence-electron chi connectivity index (χ1n) is 12.7. The van der Waals surface area contributed by atoms with Gasteiger partial charge in [0.2, 0.25) is 5.82 Å². The number of hydrogen-bond acceptors (Lipinski definition) is 7. The van der Waals surface area contributed by atoms with Gasteiger partial charge in [-0.05, 0) is 55.9 Å². The van der Waals surface area contributed by atoms with Crippen LogP contribution in [-0.2, 0) is 36.9 Å². The maximum atomic E-state index is 14.3. The number of fused-ring (bicyclic) bond motifs is 3. The Bertz CT molecular complexity index is 1480. The summed E-state index contributed by atoms with van der Waals surface area (Å²) in [5.41, 5.74) is -0.794. The minimum absolute atomic E-state index is 0.0506. The topological polar surface area (TPSA) is 109 Å². The molecule has 1 aromatic carbocycles. The Labute approximate surface area is 222 Å². The lowest BCUT2D eigenvalue weighted by atomic mass is 9.84. The van der Waals surface area contributed by atoms with Gasteiger partial charge in [0.15, 0.2) is 0 Å². The highest BCUT2D eigenvalue weighted by Crippen LogP contribution is 2.49. The van der Waals surface area contributed by atoms with Crippen LogP contribution in [0.1, 0.15) is 38.2 Å². The van der Waals surface area contributed by atoms with Crippen LogP contribution < -0.4 is 11.2 Å². The summed E-state index contributed by atoms with van der Waals surface area (Å²) < 4.78 is 45.8. The van der Waals surface area contributed by atoms with Gasteiger partial charge in [0.05, 0.1) is 18.3 Å². The van der Waals surface area contributed by atoms with E-state index in [-0.39, 0.29) is 31.3 Å². The first kappa shape index (κ1) is 26.7. The molecule has 0 radical (unpaired) electrons. The molecule has 5 rings (SSSR count). The number of ether oxygens (including phenoxy) is 3. The summed E-state index contributed by atoms with van der Waals surface area (Å²) in [5, 5.41) is 0. The van der Waals surface area contributed by atoms with Crippen LogP contribution >= 0.6 is 0 Å². The SMILES string of the molecule is C=C1C(=O)O[C@H]2[C@H]1CC/C(COC(=O)Cn1cc(F)c(=O)n(Cc3ccc(F)cc3)c1=O)=C\CC[C@@]1(C)O[C@@H]21. The third kappa shape index (κ3) is 5.49. The number of benzene rings is 1. The zero-order valence-corrected chi connectivity index (χ0v) is 21.4. The summed E-state index contributed by atoms with van der Waals surface area (Å²) in [6.45, 7) is 4.92. The van der Waals surface area contributed by atoms with Crippen LogP contribution in [0.3, 0.4) is 0 Å². The molecule has 0 spiro atoms. The van der Waals surface area contributed by atoms with Crippen molar-refractivity contribution in [2.24, 2.45) is 5.92 Å². The fourth-order valence-corrected chi connectivity index (χ4v) is 5.25. The van der Waals surface area contributed by atoms with E-state index in [1.165, 1.54) is 12.1 Å². The molecule has 39 heavy (non-hydrogen) atoms. The molecule has 2 fully saturated rings. The number of nitrogens with zero attached hydrogens (tertiary/aromatic N) is 2. The van der Waals surface area contributed by atoms with Gasteiger partial charge >= 0.3 is 17.6 Å². The normalized spacial score (nSPS) is 27.6. The number of allylic oxidation sites excluding steroid dienone is 1. The molecule has 0 saturated carbocycles. The Kier molecular flexibility index (Phi) is 7.11. The van der Waals surface area contributed by atoms with E-state index < -0.39 is 47.0 Å². The van der Waals surface area contributed by atoms with Crippen molar-refractivity contribution in [1.82, 2.24) is 9.13 Å². The maximum absolute atomic E-state index is 14.3. The number of rotatable bonds is 6. The predicted molar refractivity (Wildman–Crippen MR) is 134 cm³/mol. The lowest BCUT2D eigenvalue weighted by Gasteiger charge is -2.20. The Morgan fingerprint density at radius 2 is 1.95 bits per heavy atom. The number of hydrogen-bond donors (Lipinski definition) is 0. The Morgan fingerprint density at radius 3 is 2.69 bits per heavy atom. The van der Waals surface area contributed by atoms with Crippen molar-refractivity contribution in [3.8, 4) is 0 Å². The highest BCUT2D eigenvalue weighted by Gasteiger charge is 2.61. The predicted octanol–water partition coefficient (Wildman–Crippen LogP) is 2.64. The third-order valence-corrected chi connectivity index (χ3v) is 7.61. The van der Waals surface area contributed by atoms with Gasteiger partial charge in [-0.3, -0.25) is 18.7 Å². The molecule has 0 unspecified atom stereocenters. The molecule has 0 amide bonds. The highest BCUT2D eigenvalue weighted by atomic mass is 19.1. The van der Waals surface area contributed by atoms with Crippen molar-refractivity contribution < 1.29 is 32.6 Å². The molecule has 206 valence electrons. The number of epoxide rings is 1. The van der Waals surface area contributed by atoms with Crippen LogP contribution in [0.4, 0.5) is 8.78 Å². The van der Waals surface area contributed by atoms with Crippen molar-refractivity contribution in [3.63, 3.8) is 0 Å². The van der Waals surface area contributed by atoms with E-state index >= 15 is 0 Å². The van der Waals surface area contributed by atoms with Crippen molar-refractivity contribution in [2.75, 3.05) is 6.61 Å². The number of halogens is 2. The van der Waals surface area contributed by atoms with Crippen molar-refractivity contribution in [3.05, 3.63) is 92.3 Å². The molecular formula is C28H28F2N2O7. The summed E-state index contributed by atoms with van der Waals surface area (Å²) >= 11 is 0. The largest absolute Gasteiger partial charge is 0.460 e. The van der Waals surface area contributed by atoms with Crippen LogP contribution in [0, 0.1) is 17.6 Å². The molecule has 11 heteroatoms. The van der Waals surface area contributed by atoms with Crippen molar-refractivity contribution in [2.45, 2.75) is 63.5 Å². The quantitative estimate of drug-likeness (QED) is 0.239. The summed E-state index contributed by atoms with van der Waals surface area (Å²) in [7, 11) is 0. The highest BCUT2D eigenvalue weighted by molar-refractivity contribution is 5.91. The fraction of sp³-hybridized carbons (Fsp3) is 0.429. The Morgan fingerprint density at radius 1 is 1.21 bits per heavy atom. The van der Waals surface area contributed by atoms with Gasteiger partial charge in [0, 0.05) is 11.5 Å². The van der Waals surface area contributed by atoms with Crippen LogP contribution in [0.25, 0.3) is 0 Å². The number of carbonyl (C=O) groups excluding carboxylic acids is 2. The summed E-state index contributed by atoms with van der Waals surface area (Å²) in [5.74, 6) is -3.12. The second kappa shape index (κ2) is 10.4. The second-order valence-corrected chi connectivity index (χ2v) is 10.4. The first-order valence-corrected chi connectivity index (χ1v) is 12.7.